The Morgan fingerprint density at radius 3 is 2.33 bits per heavy atom. The molecule has 0 aliphatic carbocycles. The van der Waals surface area contributed by atoms with Gasteiger partial charge in [0.25, 0.3) is 0 Å². The van der Waals surface area contributed by atoms with Crippen molar-refractivity contribution in [1.29, 1.82) is 0 Å². The number of aromatic hydroxyl groups is 1. The first kappa shape index (κ1) is 18.4. The van der Waals surface area contributed by atoms with E-state index in [4.69, 9.17) is 12.2 Å². The minimum Gasteiger partial charge on any atom is -0.508 e. The molecule has 0 bridgehead atoms. The van der Waals surface area contributed by atoms with E-state index in [2.05, 4.69) is 38.0 Å². The Morgan fingerprint density at radius 2 is 1.60 bits per heavy atom. The number of thiocarbonyl (C=S) groups is 1. The highest BCUT2D eigenvalue weighted by molar-refractivity contribution is 7.80. The minimum atomic E-state index is -0.107. The summed E-state index contributed by atoms with van der Waals surface area (Å²) in [5.74, 6) is 0.244. The molecule has 1 aliphatic rings. The summed E-state index contributed by atoms with van der Waals surface area (Å²) in [5, 5.41) is 13.9. The van der Waals surface area contributed by atoms with Crippen LogP contribution in [-0.4, -0.2) is 19.8 Å². The number of para-hydroxylation sites is 1. The Labute approximate surface area is 180 Å². The Kier molecular flexibility index (Phi) is 4.69. The number of nitrogens with zero attached hydrogens (tertiary/aromatic N) is 3. The van der Waals surface area contributed by atoms with Crippen molar-refractivity contribution >= 4 is 23.0 Å². The Bertz CT molecular complexity index is 1160. The summed E-state index contributed by atoms with van der Waals surface area (Å²) >= 11 is 5.77. The van der Waals surface area contributed by atoms with Crippen LogP contribution in [0, 0.1) is 0 Å². The molecule has 0 radical (unpaired) electrons. The van der Waals surface area contributed by atoms with Crippen molar-refractivity contribution in [3.05, 3.63) is 109 Å². The second-order valence-corrected chi connectivity index (χ2v) is 7.54. The summed E-state index contributed by atoms with van der Waals surface area (Å²) in [7, 11) is 0. The number of hydrogen-bond acceptors (Lipinski definition) is 3. The summed E-state index contributed by atoms with van der Waals surface area (Å²) in [6.07, 6.45) is 3.84. The highest BCUT2D eigenvalue weighted by Crippen LogP contribution is 2.42. The van der Waals surface area contributed by atoms with Gasteiger partial charge in [-0.2, -0.15) is 0 Å². The van der Waals surface area contributed by atoms with E-state index >= 15 is 0 Å². The number of aromatic nitrogens is 2. The fraction of sp³-hybridized carbons (Fsp3) is 0.0833. The summed E-state index contributed by atoms with van der Waals surface area (Å²) in [6, 6.07) is 27.2. The summed E-state index contributed by atoms with van der Waals surface area (Å²) in [6.45, 7) is 0. The molecule has 148 valence electrons. The molecule has 2 aromatic heterocycles. The normalized spacial score (nSPS) is 18.4. The van der Waals surface area contributed by atoms with Crippen LogP contribution in [-0.2, 0) is 0 Å². The molecule has 2 aromatic carbocycles. The topological polar surface area (TPSA) is 53.3 Å². The van der Waals surface area contributed by atoms with Crippen molar-refractivity contribution < 1.29 is 5.11 Å². The van der Waals surface area contributed by atoms with E-state index in [1.165, 1.54) is 0 Å². The van der Waals surface area contributed by atoms with Gasteiger partial charge in [-0.25, -0.2) is 0 Å². The highest BCUT2D eigenvalue weighted by Gasteiger charge is 2.42. The van der Waals surface area contributed by atoms with Crippen molar-refractivity contribution in [2.24, 2.45) is 0 Å². The molecule has 1 aliphatic heterocycles. The standard InChI is InChI=1S/C24H20N4OS/c29-19-13-11-17(12-14-19)27-16-6-10-21(27)23-22(20-9-4-5-15-25-20)26-24(30)28(23)18-7-2-1-3-8-18/h1-16,22-23,29H,(H,26,30)/t22-,23-/m0/s1. The van der Waals surface area contributed by atoms with Crippen LogP contribution < -0.4 is 10.2 Å². The molecule has 0 spiro atoms. The monoisotopic (exact) mass is 412 g/mol. The van der Waals surface area contributed by atoms with Crippen LogP contribution in [0.25, 0.3) is 5.69 Å². The number of phenols is 1. The van der Waals surface area contributed by atoms with Crippen LogP contribution in [0.4, 0.5) is 5.69 Å². The number of phenolic OH excluding ortho intramolecular Hbond substituents is 1. The van der Waals surface area contributed by atoms with Gasteiger partial charge in [0.05, 0.1) is 11.7 Å². The Hall–Kier alpha value is -3.64. The minimum absolute atomic E-state index is 0.0985. The lowest BCUT2D eigenvalue weighted by Gasteiger charge is -2.29. The van der Waals surface area contributed by atoms with Crippen molar-refractivity contribution in [3.63, 3.8) is 0 Å². The molecular weight excluding hydrogens is 392 g/mol. The Balaban J connectivity index is 1.66. The molecule has 2 N–H and O–H groups in total. The van der Waals surface area contributed by atoms with E-state index < -0.39 is 0 Å². The SMILES string of the molecule is Oc1ccc(-n2cccc2[C@H]2[C@H](c3ccccn3)NC(=S)N2c2ccccc2)cc1. The van der Waals surface area contributed by atoms with Crippen molar-refractivity contribution in [3.8, 4) is 11.4 Å². The van der Waals surface area contributed by atoms with Crippen LogP contribution in [0.5, 0.6) is 5.75 Å². The number of benzene rings is 2. The van der Waals surface area contributed by atoms with E-state index in [0.717, 1.165) is 22.8 Å². The van der Waals surface area contributed by atoms with E-state index in [9.17, 15) is 5.11 Å². The Morgan fingerprint density at radius 1 is 0.833 bits per heavy atom. The third-order valence-corrected chi connectivity index (χ3v) is 5.66. The van der Waals surface area contributed by atoms with Crippen LogP contribution in [0.2, 0.25) is 0 Å². The average Bonchev–Trinajstić information content (AvgIpc) is 3.40. The lowest BCUT2D eigenvalue weighted by atomic mass is 10.0. The van der Waals surface area contributed by atoms with Gasteiger partial charge in [-0.3, -0.25) is 4.98 Å². The molecule has 0 unspecified atom stereocenters. The number of hydrogen-bond donors (Lipinski definition) is 2. The van der Waals surface area contributed by atoms with Crippen LogP contribution in [0.1, 0.15) is 23.5 Å². The molecular formula is C24H20N4OS. The first-order valence-corrected chi connectivity index (χ1v) is 10.2. The number of nitrogens with one attached hydrogen (secondary N) is 1. The lowest BCUT2D eigenvalue weighted by molar-refractivity contribution is 0.475. The predicted octanol–water partition coefficient (Wildman–Crippen LogP) is 4.76. The molecule has 5 rings (SSSR count). The van der Waals surface area contributed by atoms with Crippen LogP contribution >= 0.6 is 12.2 Å². The van der Waals surface area contributed by atoms with Crippen molar-refractivity contribution in [2.75, 3.05) is 4.90 Å². The van der Waals surface area contributed by atoms with Gasteiger partial charge < -0.3 is 19.9 Å². The number of rotatable bonds is 4. The van der Waals surface area contributed by atoms with Crippen LogP contribution in [0.15, 0.2) is 97.3 Å². The van der Waals surface area contributed by atoms with Gasteiger partial charge in [0.15, 0.2) is 5.11 Å². The molecule has 2 atom stereocenters. The zero-order chi connectivity index (χ0) is 20.5. The molecule has 4 aromatic rings. The quantitative estimate of drug-likeness (QED) is 0.474. The van der Waals surface area contributed by atoms with E-state index in [-0.39, 0.29) is 17.8 Å². The van der Waals surface area contributed by atoms with Gasteiger partial charge in [-0.05, 0) is 72.9 Å². The molecule has 30 heavy (non-hydrogen) atoms. The van der Waals surface area contributed by atoms with Gasteiger partial charge >= 0.3 is 0 Å². The first-order valence-electron chi connectivity index (χ1n) is 9.75. The molecule has 0 amide bonds. The predicted molar refractivity (Wildman–Crippen MR) is 122 cm³/mol. The summed E-state index contributed by atoms with van der Waals surface area (Å²) in [4.78, 5) is 6.76. The first-order chi connectivity index (χ1) is 14.7. The maximum atomic E-state index is 9.70. The maximum Gasteiger partial charge on any atom is 0.174 e. The molecule has 1 saturated heterocycles. The molecule has 1 fully saturated rings. The zero-order valence-electron chi connectivity index (χ0n) is 16.1. The van der Waals surface area contributed by atoms with Gasteiger partial charge in [0.1, 0.15) is 11.8 Å². The van der Waals surface area contributed by atoms with Gasteiger partial charge in [-0.1, -0.05) is 24.3 Å². The van der Waals surface area contributed by atoms with Gasteiger partial charge in [0, 0.05) is 29.5 Å². The van der Waals surface area contributed by atoms with Crippen LogP contribution in [0.3, 0.4) is 0 Å². The third-order valence-electron chi connectivity index (χ3n) is 5.34. The molecule has 3 heterocycles. The average molecular weight is 413 g/mol. The fourth-order valence-electron chi connectivity index (χ4n) is 4.01. The molecule has 6 heteroatoms. The lowest BCUT2D eigenvalue weighted by Crippen LogP contribution is -2.30. The number of pyridine rings is 1. The zero-order valence-corrected chi connectivity index (χ0v) is 16.9. The largest absolute Gasteiger partial charge is 0.508 e. The highest BCUT2D eigenvalue weighted by atomic mass is 32.1. The second-order valence-electron chi connectivity index (χ2n) is 7.15. The number of anilines is 1. The summed E-state index contributed by atoms with van der Waals surface area (Å²) < 4.78 is 2.13. The maximum absolute atomic E-state index is 9.70. The third kappa shape index (κ3) is 3.21. The summed E-state index contributed by atoms with van der Waals surface area (Å²) in [5.41, 5.74) is 4.00. The molecule has 5 nitrogen and oxygen atoms in total. The smallest absolute Gasteiger partial charge is 0.174 e. The van der Waals surface area contributed by atoms with E-state index in [1.54, 1.807) is 18.3 Å². The van der Waals surface area contributed by atoms with E-state index in [1.807, 2.05) is 60.8 Å². The van der Waals surface area contributed by atoms with Crippen molar-refractivity contribution in [2.45, 2.75) is 12.1 Å². The molecule has 0 saturated carbocycles. The van der Waals surface area contributed by atoms with E-state index in [0.29, 0.717) is 5.11 Å². The van der Waals surface area contributed by atoms with Crippen molar-refractivity contribution in [1.82, 2.24) is 14.9 Å². The fourth-order valence-corrected chi connectivity index (χ4v) is 4.35. The second kappa shape index (κ2) is 7.65. The van der Waals surface area contributed by atoms with Gasteiger partial charge in [0.2, 0.25) is 0 Å². The van der Waals surface area contributed by atoms with Gasteiger partial charge in [-0.15, -0.1) is 0 Å².